The number of alkyl halides is 3. The summed E-state index contributed by atoms with van der Waals surface area (Å²) in [6, 6.07) is -0.933. The van der Waals surface area contributed by atoms with E-state index < -0.39 is 18.1 Å². The third-order valence-corrected chi connectivity index (χ3v) is 6.72. The van der Waals surface area contributed by atoms with Crippen LogP contribution in [0.4, 0.5) is 18.0 Å². The Labute approximate surface area is 157 Å². The largest absolute Gasteiger partial charge is 0.391 e. The summed E-state index contributed by atoms with van der Waals surface area (Å²) in [5.74, 6) is -0.998. The molecule has 3 unspecified atom stereocenters. The van der Waals surface area contributed by atoms with Crippen LogP contribution in [0.3, 0.4) is 0 Å². The van der Waals surface area contributed by atoms with Crippen molar-refractivity contribution >= 4 is 17.4 Å². The summed E-state index contributed by atoms with van der Waals surface area (Å²) in [6.45, 7) is 7.99. The number of hydrogen-bond acceptors (Lipinski definition) is 3. The molecule has 1 aromatic rings. The lowest BCUT2D eigenvalue weighted by atomic mass is 9.85. The summed E-state index contributed by atoms with van der Waals surface area (Å²) < 4.78 is 38.8. The van der Waals surface area contributed by atoms with Gasteiger partial charge in [0.2, 0.25) is 0 Å². The molecule has 3 atom stereocenters. The average molecular weight is 392 g/mol. The number of thiazole rings is 1. The van der Waals surface area contributed by atoms with Crippen molar-refractivity contribution in [2.75, 3.05) is 7.05 Å². The SMILES string of the molecule is Cc1nc(C(C)C)sc1C(C)N(C)C(=O)NC1CCCC(C(F)(F)F)C1. The van der Waals surface area contributed by atoms with Gasteiger partial charge in [0.1, 0.15) is 0 Å². The number of nitrogens with one attached hydrogen (secondary N) is 1. The highest BCUT2D eigenvalue weighted by molar-refractivity contribution is 7.11. The van der Waals surface area contributed by atoms with Crippen molar-refractivity contribution in [3.8, 4) is 0 Å². The van der Waals surface area contributed by atoms with Crippen molar-refractivity contribution in [1.29, 1.82) is 0 Å². The van der Waals surface area contributed by atoms with Crippen LogP contribution in [-0.4, -0.2) is 35.2 Å². The minimum atomic E-state index is -4.18. The normalized spacial score (nSPS) is 22.3. The molecule has 1 aliphatic carbocycles. The number of aromatic nitrogens is 1. The van der Waals surface area contributed by atoms with Gasteiger partial charge in [-0.25, -0.2) is 9.78 Å². The van der Waals surface area contributed by atoms with E-state index in [1.807, 2.05) is 13.8 Å². The molecule has 2 amide bonds. The van der Waals surface area contributed by atoms with E-state index in [1.54, 1.807) is 23.3 Å². The molecule has 1 heterocycles. The van der Waals surface area contributed by atoms with Crippen molar-refractivity contribution in [3.05, 3.63) is 15.6 Å². The van der Waals surface area contributed by atoms with E-state index >= 15 is 0 Å². The average Bonchev–Trinajstić information content (AvgIpc) is 2.95. The van der Waals surface area contributed by atoms with Gasteiger partial charge in [0.05, 0.1) is 22.7 Å². The standard InChI is InChI=1S/C18H28F3N3OS/c1-10(2)16-22-11(3)15(26-16)12(4)24(5)17(25)23-14-8-6-7-13(9-14)18(19,20)21/h10,12-14H,6-9H2,1-5H3,(H,23,25). The second-order valence-corrected chi connectivity index (χ2v) is 8.56. The van der Waals surface area contributed by atoms with E-state index in [2.05, 4.69) is 24.1 Å². The molecule has 4 nitrogen and oxygen atoms in total. The van der Waals surface area contributed by atoms with Crippen LogP contribution < -0.4 is 5.32 Å². The Kier molecular flexibility index (Phi) is 6.58. The summed E-state index contributed by atoms with van der Waals surface area (Å²) in [5, 5.41) is 3.82. The number of hydrogen-bond donors (Lipinski definition) is 1. The third kappa shape index (κ3) is 4.90. The minimum absolute atomic E-state index is 0.0332. The number of amides is 2. The Bertz CT molecular complexity index is 630. The first-order valence-corrected chi connectivity index (χ1v) is 9.89. The van der Waals surface area contributed by atoms with Gasteiger partial charge in [-0.05, 0) is 33.1 Å². The fourth-order valence-electron chi connectivity index (χ4n) is 3.31. The molecular formula is C18H28F3N3OS. The maximum absolute atomic E-state index is 12.9. The number of carbonyl (C=O) groups excluding carboxylic acids is 1. The van der Waals surface area contributed by atoms with Crippen LogP contribution in [0.2, 0.25) is 0 Å². The van der Waals surface area contributed by atoms with Gasteiger partial charge in [0, 0.05) is 23.9 Å². The first-order chi connectivity index (χ1) is 12.0. The van der Waals surface area contributed by atoms with E-state index in [0.29, 0.717) is 18.8 Å². The topological polar surface area (TPSA) is 45.2 Å². The van der Waals surface area contributed by atoms with Crippen LogP contribution in [0.15, 0.2) is 0 Å². The van der Waals surface area contributed by atoms with Crippen molar-refractivity contribution < 1.29 is 18.0 Å². The van der Waals surface area contributed by atoms with E-state index in [9.17, 15) is 18.0 Å². The highest BCUT2D eigenvalue weighted by Gasteiger charge is 2.42. The van der Waals surface area contributed by atoms with E-state index in [1.165, 1.54) is 0 Å². The maximum atomic E-state index is 12.9. The molecule has 8 heteroatoms. The molecule has 1 fully saturated rings. The van der Waals surface area contributed by atoms with Crippen LogP contribution in [0.1, 0.15) is 74.0 Å². The fourth-order valence-corrected chi connectivity index (χ4v) is 4.48. The van der Waals surface area contributed by atoms with Crippen LogP contribution in [0.25, 0.3) is 0 Å². The molecule has 1 aromatic heterocycles. The molecule has 0 aliphatic heterocycles. The van der Waals surface area contributed by atoms with Gasteiger partial charge in [0.15, 0.2) is 0 Å². The summed E-state index contributed by atoms with van der Waals surface area (Å²) >= 11 is 1.59. The van der Waals surface area contributed by atoms with Gasteiger partial charge in [-0.2, -0.15) is 13.2 Å². The van der Waals surface area contributed by atoms with Gasteiger partial charge in [-0.15, -0.1) is 11.3 Å². The monoisotopic (exact) mass is 391 g/mol. The molecule has 1 N–H and O–H groups in total. The summed E-state index contributed by atoms with van der Waals surface area (Å²) in [7, 11) is 1.68. The maximum Gasteiger partial charge on any atom is 0.391 e. The Balaban J connectivity index is 2.00. The molecule has 0 radical (unpaired) electrons. The summed E-state index contributed by atoms with van der Waals surface area (Å²) in [6.07, 6.45) is -2.98. The van der Waals surface area contributed by atoms with Crippen LogP contribution >= 0.6 is 11.3 Å². The molecule has 26 heavy (non-hydrogen) atoms. The molecule has 0 spiro atoms. The number of aryl methyl sites for hydroxylation is 1. The molecule has 2 rings (SSSR count). The molecule has 1 saturated carbocycles. The number of nitrogens with zero attached hydrogens (tertiary/aromatic N) is 2. The minimum Gasteiger partial charge on any atom is -0.335 e. The fraction of sp³-hybridized carbons (Fsp3) is 0.778. The van der Waals surface area contributed by atoms with Crippen molar-refractivity contribution in [2.24, 2.45) is 5.92 Å². The number of urea groups is 1. The number of rotatable bonds is 4. The highest BCUT2D eigenvalue weighted by Crippen LogP contribution is 2.38. The van der Waals surface area contributed by atoms with Crippen LogP contribution in [0.5, 0.6) is 0 Å². The Morgan fingerprint density at radius 1 is 1.31 bits per heavy atom. The van der Waals surface area contributed by atoms with Gasteiger partial charge in [-0.3, -0.25) is 0 Å². The molecule has 0 bridgehead atoms. The van der Waals surface area contributed by atoms with E-state index in [0.717, 1.165) is 15.6 Å². The summed E-state index contributed by atoms with van der Waals surface area (Å²) in [5.41, 5.74) is 0.903. The second kappa shape index (κ2) is 8.15. The van der Waals surface area contributed by atoms with E-state index in [-0.39, 0.29) is 24.9 Å². The predicted molar refractivity (Wildman–Crippen MR) is 97.5 cm³/mol. The molecule has 148 valence electrons. The highest BCUT2D eigenvalue weighted by atomic mass is 32.1. The van der Waals surface area contributed by atoms with Crippen molar-refractivity contribution in [1.82, 2.24) is 15.2 Å². The Morgan fingerprint density at radius 2 is 1.96 bits per heavy atom. The van der Waals surface area contributed by atoms with Gasteiger partial charge >= 0.3 is 12.2 Å². The van der Waals surface area contributed by atoms with Crippen LogP contribution in [-0.2, 0) is 0 Å². The lowest BCUT2D eigenvalue weighted by Crippen LogP contribution is -2.47. The summed E-state index contributed by atoms with van der Waals surface area (Å²) in [4.78, 5) is 19.7. The lowest BCUT2D eigenvalue weighted by Gasteiger charge is -2.33. The Morgan fingerprint density at radius 3 is 2.50 bits per heavy atom. The second-order valence-electron chi connectivity index (χ2n) is 7.49. The Hall–Kier alpha value is -1.31. The molecule has 0 saturated heterocycles. The number of halogens is 3. The quantitative estimate of drug-likeness (QED) is 0.747. The van der Waals surface area contributed by atoms with Crippen molar-refractivity contribution in [2.45, 2.75) is 77.6 Å². The predicted octanol–water partition coefficient (Wildman–Crippen LogP) is 5.40. The van der Waals surface area contributed by atoms with Crippen LogP contribution in [0, 0.1) is 12.8 Å². The number of carbonyl (C=O) groups is 1. The smallest absolute Gasteiger partial charge is 0.335 e. The zero-order valence-electron chi connectivity index (χ0n) is 16.0. The molecule has 0 aromatic carbocycles. The van der Waals surface area contributed by atoms with E-state index in [4.69, 9.17) is 0 Å². The van der Waals surface area contributed by atoms with Gasteiger partial charge in [0.25, 0.3) is 0 Å². The van der Waals surface area contributed by atoms with Gasteiger partial charge in [-0.1, -0.05) is 20.3 Å². The van der Waals surface area contributed by atoms with Crippen molar-refractivity contribution in [3.63, 3.8) is 0 Å². The third-order valence-electron chi connectivity index (χ3n) is 5.09. The zero-order valence-corrected chi connectivity index (χ0v) is 16.8. The first kappa shape index (κ1) is 21.0. The zero-order chi connectivity index (χ0) is 19.6. The molecular weight excluding hydrogens is 363 g/mol. The first-order valence-electron chi connectivity index (χ1n) is 9.08. The van der Waals surface area contributed by atoms with Gasteiger partial charge < -0.3 is 10.2 Å². The lowest BCUT2D eigenvalue weighted by molar-refractivity contribution is -0.183. The molecule has 1 aliphatic rings.